The SMILES string of the molecule is CC(C)(O)CN1CCC(Oc2ccc3c(n2)CCNC3=O)CC1. The zero-order chi connectivity index (χ0) is 16.4. The molecule has 0 spiro atoms. The van der Waals surface area contributed by atoms with Gasteiger partial charge in [0, 0.05) is 38.7 Å². The predicted octanol–water partition coefficient (Wildman–Crippen LogP) is 0.982. The normalized spacial score (nSPS) is 20.0. The third kappa shape index (κ3) is 4.20. The lowest BCUT2D eigenvalue weighted by atomic mass is 10.0. The van der Waals surface area contributed by atoms with Gasteiger partial charge in [0.05, 0.1) is 16.9 Å². The van der Waals surface area contributed by atoms with Gasteiger partial charge < -0.3 is 20.1 Å². The topological polar surface area (TPSA) is 74.7 Å². The van der Waals surface area contributed by atoms with Crippen molar-refractivity contribution < 1.29 is 14.6 Å². The molecule has 6 nitrogen and oxygen atoms in total. The van der Waals surface area contributed by atoms with Crippen LogP contribution in [0.3, 0.4) is 0 Å². The largest absolute Gasteiger partial charge is 0.474 e. The lowest BCUT2D eigenvalue weighted by molar-refractivity contribution is 0.0133. The minimum absolute atomic E-state index is 0.0507. The molecule has 0 unspecified atom stereocenters. The van der Waals surface area contributed by atoms with E-state index in [1.54, 1.807) is 12.1 Å². The fourth-order valence-corrected chi connectivity index (χ4v) is 3.24. The molecule has 1 amide bonds. The summed E-state index contributed by atoms with van der Waals surface area (Å²) in [5.41, 5.74) is 0.822. The van der Waals surface area contributed by atoms with Gasteiger partial charge in [-0.1, -0.05) is 0 Å². The summed E-state index contributed by atoms with van der Waals surface area (Å²) in [6.07, 6.45) is 2.75. The highest BCUT2D eigenvalue weighted by Crippen LogP contribution is 2.21. The number of aliphatic hydroxyl groups is 1. The van der Waals surface area contributed by atoms with Gasteiger partial charge in [0.25, 0.3) is 5.91 Å². The van der Waals surface area contributed by atoms with Crippen LogP contribution in [0.2, 0.25) is 0 Å². The summed E-state index contributed by atoms with van der Waals surface area (Å²) in [4.78, 5) is 18.5. The number of nitrogens with one attached hydrogen (secondary N) is 1. The lowest BCUT2D eigenvalue weighted by Crippen LogP contribution is -2.45. The van der Waals surface area contributed by atoms with Gasteiger partial charge in [-0.2, -0.15) is 0 Å². The van der Waals surface area contributed by atoms with Crippen molar-refractivity contribution in [3.63, 3.8) is 0 Å². The van der Waals surface area contributed by atoms with E-state index in [0.29, 0.717) is 24.5 Å². The van der Waals surface area contributed by atoms with Gasteiger partial charge in [-0.05, 0) is 32.8 Å². The maximum Gasteiger partial charge on any atom is 0.253 e. The second-order valence-corrected chi connectivity index (χ2v) is 7.06. The van der Waals surface area contributed by atoms with Crippen molar-refractivity contribution in [2.75, 3.05) is 26.2 Å². The molecule has 126 valence electrons. The Labute approximate surface area is 136 Å². The number of ether oxygens (including phenoxy) is 1. The van der Waals surface area contributed by atoms with Crippen LogP contribution >= 0.6 is 0 Å². The molecule has 0 radical (unpaired) electrons. The Balaban J connectivity index is 1.56. The van der Waals surface area contributed by atoms with Crippen LogP contribution in [0.4, 0.5) is 0 Å². The van der Waals surface area contributed by atoms with Gasteiger partial charge in [0.1, 0.15) is 6.10 Å². The Bertz CT molecular complexity index is 575. The summed E-state index contributed by atoms with van der Waals surface area (Å²) in [5, 5.41) is 12.7. The van der Waals surface area contributed by atoms with Crippen molar-refractivity contribution in [1.29, 1.82) is 0 Å². The number of nitrogens with zero attached hydrogens (tertiary/aromatic N) is 2. The Kier molecular flexibility index (Phi) is 4.55. The van der Waals surface area contributed by atoms with Crippen LogP contribution in [0, 0.1) is 0 Å². The van der Waals surface area contributed by atoms with Crippen LogP contribution < -0.4 is 10.1 Å². The fraction of sp³-hybridized carbons (Fsp3) is 0.647. The molecule has 1 aromatic heterocycles. The van der Waals surface area contributed by atoms with Crippen LogP contribution in [-0.4, -0.2) is 58.8 Å². The molecule has 6 heteroatoms. The van der Waals surface area contributed by atoms with Gasteiger partial charge >= 0.3 is 0 Å². The summed E-state index contributed by atoms with van der Waals surface area (Å²) < 4.78 is 6.00. The summed E-state index contributed by atoms with van der Waals surface area (Å²) >= 11 is 0. The number of piperidine rings is 1. The van der Waals surface area contributed by atoms with E-state index in [-0.39, 0.29) is 12.0 Å². The number of fused-ring (bicyclic) bond motifs is 1. The monoisotopic (exact) mass is 319 g/mol. The van der Waals surface area contributed by atoms with Crippen LogP contribution in [-0.2, 0) is 6.42 Å². The van der Waals surface area contributed by atoms with E-state index in [0.717, 1.165) is 38.0 Å². The molecule has 0 aliphatic carbocycles. The van der Waals surface area contributed by atoms with E-state index in [4.69, 9.17) is 4.74 Å². The Hall–Kier alpha value is -1.66. The van der Waals surface area contributed by atoms with Crippen LogP contribution in [0.1, 0.15) is 42.7 Å². The molecule has 0 atom stereocenters. The number of pyridine rings is 1. The number of aromatic nitrogens is 1. The van der Waals surface area contributed by atoms with E-state index in [2.05, 4.69) is 15.2 Å². The minimum atomic E-state index is -0.658. The molecule has 0 aromatic carbocycles. The van der Waals surface area contributed by atoms with Crippen molar-refractivity contribution in [2.24, 2.45) is 0 Å². The number of hydrogen-bond acceptors (Lipinski definition) is 5. The highest BCUT2D eigenvalue weighted by Gasteiger charge is 2.25. The number of carbonyl (C=O) groups is 1. The van der Waals surface area contributed by atoms with E-state index in [1.807, 2.05) is 13.8 Å². The van der Waals surface area contributed by atoms with Crippen LogP contribution in [0.25, 0.3) is 0 Å². The highest BCUT2D eigenvalue weighted by molar-refractivity contribution is 5.96. The van der Waals surface area contributed by atoms with Crippen LogP contribution in [0.15, 0.2) is 12.1 Å². The first kappa shape index (κ1) is 16.2. The Morgan fingerprint density at radius 2 is 2.13 bits per heavy atom. The summed E-state index contributed by atoms with van der Waals surface area (Å²) in [6.45, 7) is 6.83. The van der Waals surface area contributed by atoms with Crippen molar-refractivity contribution in [1.82, 2.24) is 15.2 Å². The number of amides is 1. The third-order valence-electron chi connectivity index (χ3n) is 4.27. The first-order valence-corrected chi connectivity index (χ1v) is 8.30. The molecule has 23 heavy (non-hydrogen) atoms. The van der Waals surface area contributed by atoms with Gasteiger partial charge in [-0.15, -0.1) is 0 Å². The second-order valence-electron chi connectivity index (χ2n) is 7.06. The zero-order valence-corrected chi connectivity index (χ0v) is 13.8. The summed E-state index contributed by atoms with van der Waals surface area (Å²) in [7, 11) is 0. The van der Waals surface area contributed by atoms with Gasteiger partial charge in [0.15, 0.2) is 0 Å². The van der Waals surface area contributed by atoms with Crippen molar-refractivity contribution >= 4 is 5.91 Å². The Morgan fingerprint density at radius 3 is 2.83 bits per heavy atom. The average molecular weight is 319 g/mol. The van der Waals surface area contributed by atoms with Crippen molar-refractivity contribution in [2.45, 2.75) is 44.8 Å². The predicted molar refractivity (Wildman–Crippen MR) is 86.7 cm³/mol. The molecule has 2 aliphatic heterocycles. The van der Waals surface area contributed by atoms with E-state index in [1.165, 1.54) is 0 Å². The molecule has 3 heterocycles. The molecular formula is C17H25N3O3. The van der Waals surface area contributed by atoms with E-state index in [9.17, 15) is 9.90 Å². The molecule has 3 rings (SSSR count). The molecule has 0 saturated carbocycles. The third-order valence-corrected chi connectivity index (χ3v) is 4.27. The standard InChI is InChI=1S/C17H25N3O3/c1-17(2,22)11-20-9-6-12(7-10-20)23-15-4-3-13-14(19-15)5-8-18-16(13)21/h3-4,12,22H,5-11H2,1-2H3,(H,18,21). The summed E-state index contributed by atoms with van der Waals surface area (Å²) in [6, 6.07) is 3.59. The quantitative estimate of drug-likeness (QED) is 0.865. The number of β-amino-alcohol motifs (C(OH)–C–C–N with tert-alkyl or cyclic N) is 1. The number of carbonyl (C=O) groups excluding carboxylic acids is 1. The molecule has 2 aliphatic rings. The van der Waals surface area contributed by atoms with Crippen molar-refractivity contribution in [3.8, 4) is 5.88 Å². The molecule has 1 saturated heterocycles. The maximum absolute atomic E-state index is 11.7. The van der Waals surface area contributed by atoms with Gasteiger partial charge in [-0.25, -0.2) is 4.98 Å². The second kappa shape index (κ2) is 6.45. The zero-order valence-electron chi connectivity index (χ0n) is 13.8. The number of likely N-dealkylation sites (tertiary alicyclic amines) is 1. The number of hydrogen-bond donors (Lipinski definition) is 2. The molecule has 0 bridgehead atoms. The smallest absolute Gasteiger partial charge is 0.253 e. The Morgan fingerprint density at radius 1 is 1.39 bits per heavy atom. The highest BCUT2D eigenvalue weighted by atomic mass is 16.5. The van der Waals surface area contributed by atoms with E-state index < -0.39 is 5.60 Å². The fourth-order valence-electron chi connectivity index (χ4n) is 3.24. The van der Waals surface area contributed by atoms with E-state index >= 15 is 0 Å². The molecular weight excluding hydrogens is 294 g/mol. The number of rotatable bonds is 4. The van der Waals surface area contributed by atoms with Gasteiger partial charge in [-0.3, -0.25) is 4.79 Å². The molecule has 1 aromatic rings. The van der Waals surface area contributed by atoms with Crippen LogP contribution in [0.5, 0.6) is 5.88 Å². The van der Waals surface area contributed by atoms with Gasteiger partial charge in [0.2, 0.25) is 5.88 Å². The minimum Gasteiger partial charge on any atom is -0.474 e. The average Bonchev–Trinajstić information content (AvgIpc) is 2.48. The molecule has 1 fully saturated rings. The first-order valence-electron chi connectivity index (χ1n) is 8.30. The lowest BCUT2D eigenvalue weighted by Gasteiger charge is -2.35. The van der Waals surface area contributed by atoms with Crippen molar-refractivity contribution in [3.05, 3.63) is 23.4 Å². The summed E-state index contributed by atoms with van der Waals surface area (Å²) in [5.74, 6) is 0.560. The molecule has 2 N–H and O–H groups in total. The first-order chi connectivity index (χ1) is 10.9. The maximum atomic E-state index is 11.7.